The minimum Gasteiger partial charge on any atom is -0.494 e. The minimum atomic E-state index is -0.330. The molecular formula is C15H24N2O2. The van der Waals surface area contributed by atoms with Gasteiger partial charge in [-0.3, -0.25) is 4.79 Å². The average Bonchev–Trinajstić information content (AvgIpc) is 2.40. The van der Waals surface area contributed by atoms with Crippen molar-refractivity contribution in [1.82, 2.24) is 5.32 Å². The Balaban J connectivity index is 2.37. The van der Waals surface area contributed by atoms with Crippen LogP contribution in [0.15, 0.2) is 24.3 Å². The number of ether oxygens (including phenoxy) is 1. The summed E-state index contributed by atoms with van der Waals surface area (Å²) >= 11 is 0. The number of likely N-dealkylation sites (N-methyl/N-ethyl adjacent to an activating group) is 1. The number of benzene rings is 1. The lowest BCUT2D eigenvalue weighted by Crippen LogP contribution is -2.42. The number of rotatable bonds is 9. The summed E-state index contributed by atoms with van der Waals surface area (Å²) in [6.07, 6.45) is 2.81. The van der Waals surface area contributed by atoms with E-state index >= 15 is 0 Å². The van der Waals surface area contributed by atoms with Crippen LogP contribution in [0.25, 0.3) is 0 Å². The molecule has 1 aromatic rings. The summed E-state index contributed by atoms with van der Waals surface area (Å²) in [5.41, 5.74) is 6.62. The molecule has 1 amide bonds. The molecule has 0 heterocycles. The van der Waals surface area contributed by atoms with Gasteiger partial charge in [0.2, 0.25) is 5.91 Å². The number of amides is 1. The molecular weight excluding hydrogens is 240 g/mol. The fourth-order valence-corrected chi connectivity index (χ4v) is 1.93. The Kier molecular flexibility index (Phi) is 6.97. The summed E-state index contributed by atoms with van der Waals surface area (Å²) in [6.45, 7) is 5.31. The molecule has 0 radical (unpaired) electrons. The lowest BCUT2D eigenvalue weighted by molar-refractivity contribution is -0.120. The van der Waals surface area contributed by atoms with Gasteiger partial charge in [0.05, 0.1) is 12.6 Å². The molecule has 0 aliphatic rings. The number of hydrogen-bond donors (Lipinski definition) is 2. The number of aryl methyl sites for hydroxylation is 1. The molecule has 0 aromatic heterocycles. The van der Waals surface area contributed by atoms with E-state index in [1.807, 2.05) is 19.1 Å². The Bertz CT molecular complexity index is 376. The molecule has 0 spiro atoms. The molecule has 0 saturated carbocycles. The molecule has 4 nitrogen and oxygen atoms in total. The molecule has 1 aromatic carbocycles. The smallest absolute Gasteiger partial charge is 0.234 e. The van der Waals surface area contributed by atoms with Gasteiger partial charge >= 0.3 is 0 Å². The summed E-state index contributed by atoms with van der Waals surface area (Å²) in [7, 11) is 0. The predicted octanol–water partition coefficient (Wildman–Crippen LogP) is 1.87. The van der Waals surface area contributed by atoms with E-state index in [-0.39, 0.29) is 11.9 Å². The van der Waals surface area contributed by atoms with Crippen LogP contribution in [0.5, 0.6) is 5.75 Å². The molecule has 0 aliphatic carbocycles. The summed E-state index contributed by atoms with van der Waals surface area (Å²) in [4.78, 5) is 11.2. The zero-order valence-electron chi connectivity index (χ0n) is 11.8. The fraction of sp³-hybridized carbons (Fsp3) is 0.533. The van der Waals surface area contributed by atoms with Gasteiger partial charge in [-0.15, -0.1) is 0 Å². The van der Waals surface area contributed by atoms with Gasteiger partial charge in [0.1, 0.15) is 5.75 Å². The van der Waals surface area contributed by atoms with Crippen molar-refractivity contribution in [3.63, 3.8) is 0 Å². The number of hydrogen-bond acceptors (Lipinski definition) is 3. The van der Waals surface area contributed by atoms with Gasteiger partial charge in [0, 0.05) is 6.42 Å². The van der Waals surface area contributed by atoms with Crippen molar-refractivity contribution < 1.29 is 9.53 Å². The maximum absolute atomic E-state index is 11.2. The SMILES string of the molecule is CCCc1ccc(OCCC(NCC)C(N)=O)cc1. The number of carbonyl (C=O) groups excluding carboxylic acids is 1. The average molecular weight is 264 g/mol. The third kappa shape index (κ3) is 5.75. The zero-order chi connectivity index (χ0) is 14.1. The van der Waals surface area contributed by atoms with E-state index in [9.17, 15) is 4.79 Å². The van der Waals surface area contributed by atoms with Crippen LogP contribution in [0.2, 0.25) is 0 Å². The highest BCUT2D eigenvalue weighted by Gasteiger charge is 2.13. The van der Waals surface area contributed by atoms with Crippen LogP contribution in [-0.2, 0) is 11.2 Å². The third-order valence-electron chi connectivity index (χ3n) is 2.93. The molecule has 0 bridgehead atoms. The predicted molar refractivity (Wildman–Crippen MR) is 77.2 cm³/mol. The zero-order valence-corrected chi connectivity index (χ0v) is 11.8. The van der Waals surface area contributed by atoms with Crippen LogP contribution in [0.3, 0.4) is 0 Å². The summed E-state index contributed by atoms with van der Waals surface area (Å²) < 4.78 is 5.62. The first kappa shape index (κ1) is 15.5. The Hall–Kier alpha value is -1.55. The van der Waals surface area contributed by atoms with Crippen molar-refractivity contribution in [2.75, 3.05) is 13.2 Å². The monoisotopic (exact) mass is 264 g/mol. The molecule has 0 fully saturated rings. The van der Waals surface area contributed by atoms with Crippen molar-refractivity contribution in [2.24, 2.45) is 5.73 Å². The van der Waals surface area contributed by atoms with E-state index in [1.54, 1.807) is 0 Å². The van der Waals surface area contributed by atoms with E-state index < -0.39 is 0 Å². The molecule has 106 valence electrons. The molecule has 3 N–H and O–H groups in total. The molecule has 19 heavy (non-hydrogen) atoms. The van der Waals surface area contributed by atoms with Crippen molar-refractivity contribution >= 4 is 5.91 Å². The van der Waals surface area contributed by atoms with Gasteiger partial charge in [0.15, 0.2) is 0 Å². The van der Waals surface area contributed by atoms with Gasteiger partial charge in [-0.25, -0.2) is 0 Å². The van der Waals surface area contributed by atoms with E-state index in [1.165, 1.54) is 5.56 Å². The van der Waals surface area contributed by atoms with Crippen LogP contribution in [0.4, 0.5) is 0 Å². The molecule has 1 unspecified atom stereocenters. The number of nitrogens with one attached hydrogen (secondary N) is 1. The van der Waals surface area contributed by atoms with Crippen LogP contribution in [-0.4, -0.2) is 25.1 Å². The lowest BCUT2D eigenvalue weighted by atomic mass is 10.1. The molecule has 0 saturated heterocycles. The van der Waals surface area contributed by atoms with Gasteiger partial charge in [0.25, 0.3) is 0 Å². The normalized spacial score (nSPS) is 12.1. The summed E-state index contributed by atoms with van der Waals surface area (Å²) in [6, 6.07) is 7.78. The Morgan fingerprint density at radius 1 is 1.32 bits per heavy atom. The largest absolute Gasteiger partial charge is 0.494 e. The summed E-state index contributed by atoms with van der Waals surface area (Å²) in [5, 5.41) is 3.04. The van der Waals surface area contributed by atoms with Crippen LogP contribution in [0, 0.1) is 0 Å². The van der Waals surface area contributed by atoms with Crippen LogP contribution < -0.4 is 15.8 Å². The number of carbonyl (C=O) groups is 1. The lowest BCUT2D eigenvalue weighted by Gasteiger charge is -2.14. The standard InChI is InChI=1S/C15H24N2O2/c1-3-5-12-6-8-13(9-7-12)19-11-10-14(15(16)18)17-4-2/h6-9,14,17H,3-5,10-11H2,1-2H3,(H2,16,18). The second-order valence-electron chi connectivity index (χ2n) is 4.54. The Morgan fingerprint density at radius 3 is 2.53 bits per heavy atom. The van der Waals surface area contributed by atoms with E-state index in [4.69, 9.17) is 10.5 Å². The minimum absolute atomic E-state index is 0.315. The number of primary amides is 1. The topological polar surface area (TPSA) is 64.3 Å². The maximum Gasteiger partial charge on any atom is 0.234 e. The van der Waals surface area contributed by atoms with Crippen molar-refractivity contribution in [2.45, 2.75) is 39.2 Å². The molecule has 4 heteroatoms. The highest BCUT2D eigenvalue weighted by molar-refractivity contribution is 5.79. The molecule has 1 rings (SSSR count). The van der Waals surface area contributed by atoms with Crippen molar-refractivity contribution in [3.8, 4) is 5.75 Å². The first-order valence-electron chi connectivity index (χ1n) is 6.91. The highest BCUT2D eigenvalue weighted by atomic mass is 16.5. The van der Waals surface area contributed by atoms with Crippen LogP contribution >= 0.6 is 0 Å². The third-order valence-corrected chi connectivity index (χ3v) is 2.93. The molecule has 0 aliphatic heterocycles. The van der Waals surface area contributed by atoms with E-state index in [2.05, 4.69) is 24.4 Å². The molecule has 1 atom stereocenters. The maximum atomic E-state index is 11.2. The van der Waals surface area contributed by atoms with E-state index in [0.29, 0.717) is 13.0 Å². The summed E-state index contributed by atoms with van der Waals surface area (Å²) in [5.74, 6) is 0.503. The first-order valence-corrected chi connectivity index (χ1v) is 6.91. The Morgan fingerprint density at radius 2 is 2.00 bits per heavy atom. The van der Waals surface area contributed by atoms with Crippen LogP contribution in [0.1, 0.15) is 32.3 Å². The number of nitrogens with two attached hydrogens (primary N) is 1. The Labute approximate surface area is 115 Å². The van der Waals surface area contributed by atoms with Crippen molar-refractivity contribution in [1.29, 1.82) is 0 Å². The van der Waals surface area contributed by atoms with Gasteiger partial charge in [-0.05, 0) is 30.7 Å². The second-order valence-corrected chi connectivity index (χ2v) is 4.54. The van der Waals surface area contributed by atoms with E-state index in [0.717, 1.165) is 25.1 Å². The quantitative estimate of drug-likeness (QED) is 0.715. The van der Waals surface area contributed by atoms with Crippen molar-refractivity contribution in [3.05, 3.63) is 29.8 Å². The van der Waals surface area contributed by atoms with Gasteiger partial charge in [-0.2, -0.15) is 0 Å². The first-order chi connectivity index (χ1) is 9.17. The van der Waals surface area contributed by atoms with Gasteiger partial charge < -0.3 is 15.8 Å². The highest BCUT2D eigenvalue weighted by Crippen LogP contribution is 2.13. The van der Waals surface area contributed by atoms with Gasteiger partial charge in [-0.1, -0.05) is 32.4 Å². The second kappa shape index (κ2) is 8.53. The fourth-order valence-electron chi connectivity index (χ4n) is 1.93.